The Bertz CT molecular complexity index is 668. The summed E-state index contributed by atoms with van der Waals surface area (Å²) < 4.78 is 0. The van der Waals surface area contributed by atoms with Crippen molar-refractivity contribution in [3.05, 3.63) is 54.4 Å². The van der Waals surface area contributed by atoms with Crippen molar-refractivity contribution in [1.82, 2.24) is 19.8 Å². The van der Waals surface area contributed by atoms with Crippen molar-refractivity contribution in [2.45, 2.75) is 30.6 Å². The predicted molar refractivity (Wildman–Crippen MR) is 100 cm³/mol. The number of benzene rings is 1. The van der Waals surface area contributed by atoms with Crippen molar-refractivity contribution in [2.24, 2.45) is 0 Å². The van der Waals surface area contributed by atoms with E-state index in [2.05, 4.69) is 46.2 Å². The molecule has 1 fully saturated rings. The number of hydrogen-bond donors (Lipinski definition) is 0. The van der Waals surface area contributed by atoms with Gasteiger partial charge in [-0.1, -0.05) is 42.1 Å². The number of rotatable bonds is 6. The fourth-order valence-corrected chi connectivity index (χ4v) is 3.82. The molecule has 25 heavy (non-hydrogen) atoms. The quantitative estimate of drug-likeness (QED) is 0.588. The van der Waals surface area contributed by atoms with Crippen LogP contribution in [0.3, 0.4) is 0 Å². The van der Waals surface area contributed by atoms with Gasteiger partial charge in [-0.2, -0.15) is 0 Å². The number of carbonyl (C=O) groups excluding carboxylic acids is 1. The highest BCUT2D eigenvalue weighted by atomic mass is 32.2. The Hall–Kier alpha value is -1.92. The lowest BCUT2D eigenvalue weighted by atomic mass is 10.0. The van der Waals surface area contributed by atoms with Crippen molar-refractivity contribution in [3.63, 3.8) is 0 Å². The van der Waals surface area contributed by atoms with Gasteiger partial charge in [-0.05, 0) is 31.5 Å². The maximum Gasteiger partial charge on any atom is 0.233 e. The van der Waals surface area contributed by atoms with Crippen LogP contribution in [0.5, 0.6) is 0 Å². The molecule has 1 aromatic heterocycles. The average Bonchev–Trinajstić information content (AvgIpc) is 2.68. The summed E-state index contributed by atoms with van der Waals surface area (Å²) in [7, 11) is 2.15. The predicted octanol–water partition coefficient (Wildman–Crippen LogP) is 2.69. The number of hydrogen-bond acceptors (Lipinski definition) is 5. The minimum Gasteiger partial charge on any atom is -0.340 e. The SMILES string of the molecule is CN(Cc1ccccc1)C1CCCN(C(=O)CSc2ncccn2)C1. The molecule has 0 bridgehead atoms. The molecular weight excluding hydrogens is 332 g/mol. The molecule has 1 unspecified atom stereocenters. The summed E-state index contributed by atoms with van der Waals surface area (Å²) in [5, 5.41) is 0.658. The van der Waals surface area contributed by atoms with E-state index in [1.165, 1.54) is 17.3 Å². The lowest BCUT2D eigenvalue weighted by molar-refractivity contribution is -0.130. The first-order chi connectivity index (χ1) is 12.2. The van der Waals surface area contributed by atoms with E-state index in [1.807, 2.05) is 11.0 Å². The van der Waals surface area contributed by atoms with Gasteiger partial charge >= 0.3 is 0 Å². The molecule has 1 aliphatic heterocycles. The van der Waals surface area contributed by atoms with Crippen LogP contribution >= 0.6 is 11.8 Å². The van der Waals surface area contributed by atoms with Crippen molar-refractivity contribution in [2.75, 3.05) is 25.9 Å². The molecule has 2 aromatic rings. The number of aromatic nitrogens is 2. The van der Waals surface area contributed by atoms with Gasteiger partial charge in [0, 0.05) is 38.1 Å². The van der Waals surface area contributed by atoms with Gasteiger partial charge in [-0.25, -0.2) is 9.97 Å². The van der Waals surface area contributed by atoms with Gasteiger partial charge in [0.05, 0.1) is 5.75 Å². The van der Waals surface area contributed by atoms with E-state index in [0.717, 1.165) is 32.5 Å². The lowest BCUT2D eigenvalue weighted by Gasteiger charge is -2.37. The largest absolute Gasteiger partial charge is 0.340 e. The van der Waals surface area contributed by atoms with E-state index in [0.29, 0.717) is 17.0 Å². The normalized spacial score (nSPS) is 17.7. The van der Waals surface area contributed by atoms with Gasteiger partial charge in [0.1, 0.15) is 0 Å². The second-order valence-electron chi connectivity index (χ2n) is 6.36. The number of likely N-dealkylation sites (N-methyl/N-ethyl adjacent to an activating group) is 1. The molecule has 3 rings (SSSR count). The van der Waals surface area contributed by atoms with Crippen LogP contribution in [-0.2, 0) is 11.3 Å². The fraction of sp³-hybridized carbons (Fsp3) is 0.421. The number of likely N-dealkylation sites (tertiary alicyclic amines) is 1. The van der Waals surface area contributed by atoms with E-state index in [-0.39, 0.29) is 5.91 Å². The van der Waals surface area contributed by atoms with Crippen molar-refractivity contribution >= 4 is 17.7 Å². The first kappa shape index (κ1) is 17.9. The number of carbonyl (C=O) groups is 1. The van der Waals surface area contributed by atoms with E-state index < -0.39 is 0 Å². The minimum absolute atomic E-state index is 0.176. The highest BCUT2D eigenvalue weighted by Gasteiger charge is 2.26. The van der Waals surface area contributed by atoms with Crippen LogP contribution in [0, 0.1) is 0 Å². The molecule has 2 heterocycles. The van der Waals surface area contributed by atoms with Gasteiger partial charge < -0.3 is 4.90 Å². The third-order valence-electron chi connectivity index (χ3n) is 4.51. The maximum absolute atomic E-state index is 12.5. The van der Waals surface area contributed by atoms with Crippen molar-refractivity contribution < 1.29 is 4.79 Å². The molecule has 1 atom stereocenters. The van der Waals surface area contributed by atoms with Gasteiger partial charge in [0.25, 0.3) is 0 Å². The second kappa shape index (κ2) is 8.97. The standard InChI is InChI=1S/C19H24N4OS/c1-22(13-16-7-3-2-4-8-16)17-9-5-12-23(14-17)18(24)15-25-19-20-10-6-11-21-19/h2-4,6-8,10-11,17H,5,9,12-15H2,1H3. The Labute approximate surface area is 153 Å². The number of nitrogens with zero attached hydrogens (tertiary/aromatic N) is 4. The minimum atomic E-state index is 0.176. The van der Waals surface area contributed by atoms with Crippen LogP contribution < -0.4 is 0 Å². The summed E-state index contributed by atoms with van der Waals surface area (Å²) in [5.74, 6) is 0.578. The molecule has 0 N–H and O–H groups in total. The molecule has 132 valence electrons. The number of amides is 1. The van der Waals surface area contributed by atoms with Crippen LogP contribution in [0.15, 0.2) is 53.9 Å². The van der Waals surface area contributed by atoms with Crippen molar-refractivity contribution in [3.8, 4) is 0 Å². The van der Waals surface area contributed by atoms with Gasteiger partial charge in [0.15, 0.2) is 5.16 Å². The molecule has 0 spiro atoms. The van der Waals surface area contributed by atoms with Crippen molar-refractivity contribution in [1.29, 1.82) is 0 Å². The average molecular weight is 356 g/mol. The monoisotopic (exact) mass is 356 g/mol. The van der Waals surface area contributed by atoms with E-state index in [4.69, 9.17) is 0 Å². The zero-order valence-corrected chi connectivity index (χ0v) is 15.4. The Kier molecular flexibility index (Phi) is 6.42. The Morgan fingerprint density at radius 2 is 2.00 bits per heavy atom. The molecule has 0 aliphatic carbocycles. The molecule has 0 radical (unpaired) electrons. The maximum atomic E-state index is 12.5. The first-order valence-electron chi connectivity index (χ1n) is 8.64. The smallest absolute Gasteiger partial charge is 0.233 e. The Morgan fingerprint density at radius 1 is 1.24 bits per heavy atom. The van der Waals surface area contributed by atoms with Gasteiger partial charge in [-0.3, -0.25) is 9.69 Å². The van der Waals surface area contributed by atoms with E-state index >= 15 is 0 Å². The summed E-state index contributed by atoms with van der Waals surface area (Å²) in [4.78, 5) is 25.2. The zero-order chi connectivity index (χ0) is 17.5. The van der Waals surface area contributed by atoms with Crippen LogP contribution in [0.2, 0.25) is 0 Å². The zero-order valence-electron chi connectivity index (χ0n) is 14.5. The highest BCUT2D eigenvalue weighted by molar-refractivity contribution is 7.99. The highest BCUT2D eigenvalue weighted by Crippen LogP contribution is 2.19. The summed E-state index contributed by atoms with van der Waals surface area (Å²) in [6, 6.07) is 12.7. The number of piperidine rings is 1. The van der Waals surface area contributed by atoms with Crippen LogP contribution in [0.25, 0.3) is 0 Å². The van der Waals surface area contributed by atoms with E-state index in [9.17, 15) is 4.79 Å². The van der Waals surface area contributed by atoms with Crippen LogP contribution in [-0.4, -0.2) is 57.6 Å². The third-order valence-corrected chi connectivity index (χ3v) is 5.37. The van der Waals surface area contributed by atoms with Gasteiger partial charge in [-0.15, -0.1) is 0 Å². The fourth-order valence-electron chi connectivity index (χ4n) is 3.12. The molecule has 6 heteroatoms. The third kappa shape index (κ3) is 5.28. The summed E-state index contributed by atoms with van der Waals surface area (Å²) >= 11 is 1.41. The molecule has 1 aliphatic rings. The topological polar surface area (TPSA) is 49.3 Å². The van der Waals surface area contributed by atoms with Gasteiger partial charge in [0.2, 0.25) is 5.91 Å². The molecule has 1 amide bonds. The van der Waals surface area contributed by atoms with Crippen LogP contribution in [0.4, 0.5) is 0 Å². The second-order valence-corrected chi connectivity index (χ2v) is 7.30. The summed E-state index contributed by atoms with van der Waals surface area (Å²) in [6.07, 6.45) is 5.61. The first-order valence-corrected chi connectivity index (χ1v) is 9.62. The number of thioether (sulfide) groups is 1. The lowest BCUT2D eigenvalue weighted by Crippen LogP contribution is -2.48. The molecule has 5 nitrogen and oxygen atoms in total. The Morgan fingerprint density at radius 3 is 2.76 bits per heavy atom. The summed E-state index contributed by atoms with van der Waals surface area (Å²) in [6.45, 7) is 2.57. The van der Waals surface area contributed by atoms with E-state index in [1.54, 1.807) is 18.5 Å². The summed E-state index contributed by atoms with van der Waals surface area (Å²) in [5.41, 5.74) is 1.31. The molecule has 0 saturated carbocycles. The Balaban J connectivity index is 1.50. The molecular formula is C19H24N4OS. The molecule has 1 aromatic carbocycles. The molecule has 1 saturated heterocycles. The van der Waals surface area contributed by atoms with Crippen LogP contribution in [0.1, 0.15) is 18.4 Å².